The fraction of sp³-hybridized carbons (Fsp3) is 0.200. The van der Waals surface area contributed by atoms with Gasteiger partial charge in [0.2, 0.25) is 0 Å². The maximum absolute atomic E-state index is 7.93. The van der Waals surface area contributed by atoms with Gasteiger partial charge in [0.25, 0.3) is 0 Å². The normalized spacial score (nSPS) is 8.40. The van der Waals surface area contributed by atoms with Crippen LogP contribution >= 0.6 is 0 Å². The minimum absolute atomic E-state index is 0.220. The predicted molar refractivity (Wildman–Crippen MR) is 34.9 cm³/mol. The summed E-state index contributed by atoms with van der Waals surface area (Å²) in [6, 6.07) is 1.71. The topological polar surface area (TPSA) is 74.5 Å². The number of aromatic nitrogens is 2. The van der Waals surface area contributed by atoms with Crippen LogP contribution in [0.2, 0.25) is 0 Å². The van der Waals surface area contributed by atoms with E-state index >= 15 is 0 Å². The number of rotatable bonds is 2. The van der Waals surface area contributed by atoms with E-state index in [-0.39, 0.29) is 6.54 Å². The van der Waals surface area contributed by atoms with E-state index in [0.29, 0.717) is 5.82 Å². The van der Waals surface area contributed by atoms with E-state index in [9.17, 15) is 0 Å². The van der Waals surface area contributed by atoms with Gasteiger partial charge in [-0.15, -0.1) is 0 Å². The smallest absolute Gasteiger partial charge is 0.134 e. The Hall–Kier alpha value is -1.61. The molecule has 1 aromatic heterocycles. The van der Waals surface area contributed by atoms with Crippen molar-refractivity contribution in [1.29, 1.82) is 0 Å². The van der Waals surface area contributed by atoms with Gasteiger partial charge in [0.1, 0.15) is 5.82 Å². The van der Waals surface area contributed by atoms with Crippen molar-refractivity contribution in [2.45, 2.75) is 6.54 Å². The molecule has 0 saturated heterocycles. The Morgan fingerprint density at radius 3 is 2.80 bits per heavy atom. The average Bonchev–Trinajstić information content (AvgIpc) is 2.03. The summed E-state index contributed by atoms with van der Waals surface area (Å²) in [5.41, 5.74) is 7.93. The molecule has 0 atom stereocenters. The van der Waals surface area contributed by atoms with Crippen LogP contribution in [0.1, 0.15) is 5.82 Å². The van der Waals surface area contributed by atoms with E-state index in [0.717, 1.165) is 0 Å². The Morgan fingerprint density at radius 2 is 2.20 bits per heavy atom. The second kappa shape index (κ2) is 3.42. The first-order chi connectivity index (χ1) is 4.93. The van der Waals surface area contributed by atoms with Crippen molar-refractivity contribution in [2.24, 2.45) is 5.11 Å². The third-order valence-corrected chi connectivity index (χ3v) is 0.895. The van der Waals surface area contributed by atoms with Crippen molar-refractivity contribution in [3.05, 3.63) is 34.7 Å². The molecule has 0 aromatic carbocycles. The molecule has 0 fully saturated rings. The molecule has 0 aliphatic heterocycles. The molecule has 5 heteroatoms. The summed E-state index contributed by atoms with van der Waals surface area (Å²) in [5.74, 6) is 0.542. The summed E-state index contributed by atoms with van der Waals surface area (Å²) in [5, 5.41) is 3.30. The molecular formula is C5H5N5. The van der Waals surface area contributed by atoms with Crippen LogP contribution in [0.3, 0.4) is 0 Å². The largest absolute Gasteiger partial charge is 0.241 e. The molecule has 10 heavy (non-hydrogen) atoms. The van der Waals surface area contributed by atoms with Crippen LogP contribution in [-0.4, -0.2) is 9.97 Å². The summed E-state index contributed by atoms with van der Waals surface area (Å²) in [4.78, 5) is 10.3. The Kier molecular flexibility index (Phi) is 2.23. The number of hydrogen-bond donors (Lipinski definition) is 0. The molecule has 0 spiro atoms. The van der Waals surface area contributed by atoms with Gasteiger partial charge in [-0.2, -0.15) is 0 Å². The SMILES string of the molecule is [N-]=[N+]=NCc1ncccn1. The summed E-state index contributed by atoms with van der Waals surface area (Å²) in [7, 11) is 0. The zero-order chi connectivity index (χ0) is 7.23. The van der Waals surface area contributed by atoms with Crippen molar-refractivity contribution >= 4 is 0 Å². The summed E-state index contributed by atoms with van der Waals surface area (Å²) in [6.45, 7) is 0.220. The van der Waals surface area contributed by atoms with Crippen molar-refractivity contribution in [3.8, 4) is 0 Å². The van der Waals surface area contributed by atoms with Gasteiger partial charge in [-0.25, -0.2) is 9.97 Å². The van der Waals surface area contributed by atoms with Crippen LogP contribution in [0.5, 0.6) is 0 Å². The molecule has 5 nitrogen and oxygen atoms in total. The summed E-state index contributed by atoms with van der Waals surface area (Å²) < 4.78 is 0. The molecule has 0 amide bonds. The van der Waals surface area contributed by atoms with Gasteiger partial charge in [-0.3, -0.25) is 0 Å². The van der Waals surface area contributed by atoms with Gasteiger partial charge in [-0.05, 0) is 11.6 Å². The minimum Gasteiger partial charge on any atom is -0.241 e. The third kappa shape index (κ3) is 1.72. The molecule has 1 heterocycles. The van der Waals surface area contributed by atoms with E-state index in [4.69, 9.17) is 5.53 Å². The molecule has 0 aliphatic rings. The zero-order valence-corrected chi connectivity index (χ0v) is 5.18. The summed E-state index contributed by atoms with van der Waals surface area (Å²) in [6.07, 6.45) is 3.21. The Bertz CT molecular complexity index is 237. The quantitative estimate of drug-likeness (QED) is 0.348. The molecule has 0 bridgehead atoms. The van der Waals surface area contributed by atoms with Gasteiger partial charge in [-0.1, -0.05) is 5.11 Å². The van der Waals surface area contributed by atoms with Gasteiger partial charge >= 0.3 is 0 Å². The van der Waals surface area contributed by atoms with Gasteiger partial charge in [0.15, 0.2) is 0 Å². The van der Waals surface area contributed by atoms with E-state index in [1.165, 1.54) is 0 Å². The number of hydrogen-bond acceptors (Lipinski definition) is 3. The average molecular weight is 135 g/mol. The molecule has 0 saturated carbocycles. The van der Waals surface area contributed by atoms with Gasteiger partial charge < -0.3 is 0 Å². The summed E-state index contributed by atoms with van der Waals surface area (Å²) >= 11 is 0. The van der Waals surface area contributed by atoms with E-state index < -0.39 is 0 Å². The molecular weight excluding hydrogens is 130 g/mol. The fourth-order valence-electron chi connectivity index (χ4n) is 0.506. The zero-order valence-electron chi connectivity index (χ0n) is 5.18. The molecule has 50 valence electrons. The molecule has 0 N–H and O–H groups in total. The third-order valence-electron chi connectivity index (χ3n) is 0.895. The molecule has 1 rings (SSSR count). The lowest BCUT2D eigenvalue weighted by molar-refractivity contribution is 0.900. The van der Waals surface area contributed by atoms with Crippen molar-refractivity contribution in [3.63, 3.8) is 0 Å². The highest BCUT2D eigenvalue weighted by Crippen LogP contribution is 1.89. The lowest BCUT2D eigenvalue weighted by atomic mass is 10.6. The highest BCUT2D eigenvalue weighted by atomic mass is 15.1. The van der Waals surface area contributed by atoms with Crippen LogP contribution in [0.15, 0.2) is 23.6 Å². The number of azide groups is 1. The van der Waals surface area contributed by atoms with Crippen molar-refractivity contribution in [1.82, 2.24) is 9.97 Å². The highest BCUT2D eigenvalue weighted by Gasteiger charge is 1.87. The van der Waals surface area contributed by atoms with Gasteiger partial charge in [0, 0.05) is 17.3 Å². The Balaban J connectivity index is 2.67. The fourth-order valence-corrected chi connectivity index (χ4v) is 0.506. The lowest BCUT2D eigenvalue weighted by Crippen LogP contribution is -1.88. The second-order valence-electron chi connectivity index (χ2n) is 1.55. The van der Waals surface area contributed by atoms with E-state index in [2.05, 4.69) is 20.0 Å². The molecule has 0 aliphatic carbocycles. The first-order valence-electron chi connectivity index (χ1n) is 2.70. The van der Waals surface area contributed by atoms with E-state index in [1.807, 2.05) is 0 Å². The van der Waals surface area contributed by atoms with Crippen molar-refractivity contribution < 1.29 is 0 Å². The van der Waals surface area contributed by atoms with Crippen LogP contribution in [-0.2, 0) is 6.54 Å². The highest BCUT2D eigenvalue weighted by molar-refractivity contribution is 4.87. The minimum atomic E-state index is 0.220. The Morgan fingerprint density at radius 1 is 1.50 bits per heavy atom. The van der Waals surface area contributed by atoms with Gasteiger partial charge in [0.05, 0.1) is 6.54 Å². The van der Waals surface area contributed by atoms with Crippen LogP contribution in [0, 0.1) is 0 Å². The maximum Gasteiger partial charge on any atom is 0.134 e. The predicted octanol–water partition coefficient (Wildman–Crippen LogP) is 1.29. The standard InChI is InChI=1S/C5H5N5/c6-10-9-4-5-7-2-1-3-8-5/h1-3H,4H2. The molecule has 1 aromatic rings. The second-order valence-corrected chi connectivity index (χ2v) is 1.55. The monoisotopic (exact) mass is 135 g/mol. The molecule has 0 radical (unpaired) electrons. The van der Waals surface area contributed by atoms with Crippen LogP contribution in [0.25, 0.3) is 10.4 Å². The first kappa shape index (κ1) is 6.51. The first-order valence-corrected chi connectivity index (χ1v) is 2.70. The maximum atomic E-state index is 7.93. The lowest BCUT2D eigenvalue weighted by Gasteiger charge is -1.88. The number of nitrogens with zero attached hydrogens (tertiary/aromatic N) is 5. The van der Waals surface area contributed by atoms with Crippen LogP contribution < -0.4 is 0 Å². The van der Waals surface area contributed by atoms with E-state index in [1.54, 1.807) is 18.5 Å². The van der Waals surface area contributed by atoms with Crippen molar-refractivity contribution in [2.75, 3.05) is 0 Å². The molecule has 0 unspecified atom stereocenters. The van der Waals surface area contributed by atoms with Crippen LogP contribution in [0.4, 0.5) is 0 Å². The Labute approximate surface area is 57.4 Å².